The fraction of sp³-hybridized carbons (Fsp3) is 0.550. The predicted octanol–water partition coefficient (Wildman–Crippen LogP) is 2.97. The number of hydrogen-bond acceptors (Lipinski definition) is 8. The topological polar surface area (TPSA) is 102 Å². The molecule has 0 aliphatic carbocycles. The number of carbonyl (C=O) groups is 1. The Morgan fingerprint density at radius 2 is 2.12 bits per heavy atom. The molecule has 34 heavy (non-hydrogen) atoms. The van der Waals surface area contributed by atoms with Gasteiger partial charge in [0.25, 0.3) is 5.91 Å². The minimum atomic E-state index is -4.68. The number of amides is 1. The third-order valence-corrected chi connectivity index (χ3v) is 5.79. The molecule has 0 spiro atoms. The van der Waals surface area contributed by atoms with Gasteiger partial charge in [0, 0.05) is 31.7 Å². The van der Waals surface area contributed by atoms with Crippen molar-refractivity contribution in [1.29, 1.82) is 0 Å². The average Bonchev–Trinajstić information content (AvgIpc) is 3.44. The lowest BCUT2D eigenvalue weighted by molar-refractivity contribution is -0.339. The summed E-state index contributed by atoms with van der Waals surface area (Å²) in [4.78, 5) is 13.7. The third-order valence-electron chi connectivity index (χ3n) is 5.48. The van der Waals surface area contributed by atoms with Crippen LogP contribution in [0.5, 0.6) is 5.75 Å². The summed E-state index contributed by atoms with van der Waals surface area (Å²) in [5.41, 5.74) is 0. The van der Waals surface area contributed by atoms with Crippen LogP contribution in [0.4, 0.5) is 23.6 Å². The summed E-state index contributed by atoms with van der Waals surface area (Å²) in [7, 11) is 0. The van der Waals surface area contributed by atoms with Crippen LogP contribution in [0.15, 0.2) is 22.6 Å². The quantitative estimate of drug-likeness (QED) is 0.552. The van der Waals surface area contributed by atoms with E-state index in [4.69, 9.17) is 20.8 Å². The van der Waals surface area contributed by atoms with Gasteiger partial charge in [0.2, 0.25) is 5.89 Å². The first-order valence-corrected chi connectivity index (χ1v) is 11.0. The summed E-state index contributed by atoms with van der Waals surface area (Å²) in [5.74, 6) is -0.468. The maximum atomic E-state index is 13.4. The Kier molecular flexibility index (Phi) is 7.43. The van der Waals surface area contributed by atoms with Gasteiger partial charge in [-0.05, 0) is 31.4 Å². The van der Waals surface area contributed by atoms with Gasteiger partial charge in [-0.25, -0.2) is 4.39 Å². The Morgan fingerprint density at radius 3 is 2.82 bits per heavy atom. The number of benzene rings is 1. The molecule has 1 aromatic heterocycles. The highest BCUT2D eigenvalue weighted by Gasteiger charge is 2.38. The predicted molar refractivity (Wildman–Crippen MR) is 111 cm³/mol. The van der Waals surface area contributed by atoms with Crippen molar-refractivity contribution in [2.75, 3.05) is 31.1 Å². The van der Waals surface area contributed by atoms with Crippen LogP contribution in [0.25, 0.3) is 0 Å². The zero-order valence-electron chi connectivity index (χ0n) is 17.8. The smallest absolute Gasteiger partial charge is 0.484 e. The van der Waals surface area contributed by atoms with Gasteiger partial charge >= 0.3 is 12.4 Å². The summed E-state index contributed by atoms with van der Waals surface area (Å²) in [6.07, 6.45) is -4.23. The normalized spacial score (nSPS) is 23.2. The third kappa shape index (κ3) is 6.48. The number of nitrogens with one attached hydrogen (secondary N) is 2. The van der Waals surface area contributed by atoms with Crippen LogP contribution < -0.4 is 20.3 Å². The fourth-order valence-electron chi connectivity index (χ4n) is 3.86. The molecule has 1 amide bonds. The van der Waals surface area contributed by atoms with Crippen molar-refractivity contribution in [1.82, 2.24) is 20.8 Å². The van der Waals surface area contributed by atoms with E-state index >= 15 is 0 Å². The lowest BCUT2D eigenvalue weighted by Crippen LogP contribution is -2.48. The molecule has 4 rings (SSSR count). The zero-order valence-corrected chi connectivity index (χ0v) is 18.5. The minimum absolute atomic E-state index is 0.0120. The summed E-state index contributed by atoms with van der Waals surface area (Å²) in [6, 6.07) is 3.67. The number of halogens is 5. The molecule has 2 aliphatic heterocycles. The number of aromatic nitrogens is 2. The van der Waals surface area contributed by atoms with Crippen molar-refractivity contribution >= 4 is 23.5 Å². The second-order valence-corrected chi connectivity index (χ2v) is 8.42. The summed E-state index contributed by atoms with van der Waals surface area (Å²) in [5, 5.41) is 14.0. The Bertz CT molecular complexity index is 1000. The lowest BCUT2D eigenvalue weighted by Gasteiger charge is -2.28. The molecule has 0 bridgehead atoms. The molecule has 2 N–H and O–H groups in total. The molecule has 2 fully saturated rings. The first-order chi connectivity index (χ1) is 16.2. The molecule has 3 atom stereocenters. The standard InChI is InChI=1S/C20H22ClF4N5O4/c21-14-3-2-12(7-15(14)22)32-10-17(31)27-11-1-4-16(26-8-11)18-28-29-19(33-18)30-6-5-13(9-30)34-20(23,24)25/h2-3,7,11,13,16,26H,1,4-6,8-10H2,(H,27,31)/t11-,13?,16+/m0/s1. The van der Waals surface area contributed by atoms with E-state index in [1.165, 1.54) is 12.1 Å². The molecule has 1 unspecified atom stereocenters. The number of carbonyl (C=O) groups excluding carboxylic acids is 1. The van der Waals surface area contributed by atoms with E-state index in [0.717, 1.165) is 6.07 Å². The lowest BCUT2D eigenvalue weighted by atomic mass is 10.0. The largest absolute Gasteiger partial charge is 0.522 e. The highest BCUT2D eigenvalue weighted by molar-refractivity contribution is 6.30. The molecular formula is C20H22ClF4N5O4. The molecule has 14 heteroatoms. The van der Waals surface area contributed by atoms with E-state index in [2.05, 4.69) is 25.6 Å². The van der Waals surface area contributed by atoms with Crippen LogP contribution in [0.2, 0.25) is 5.02 Å². The van der Waals surface area contributed by atoms with Gasteiger partial charge < -0.3 is 24.7 Å². The van der Waals surface area contributed by atoms with Crippen molar-refractivity contribution in [2.24, 2.45) is 0 Å². The van der Waals surface area contributed by atoms with Crippen LogP contribution in [0, 0.1) is 5.82 Å². The van der Waals surface area contributed by atoms with E-state index in [9.17, 15) is 22.4 Å². The second kappa shape index (κ2) is 10.3. The van der Waals surface area contributed by atoms with Gasteiger partial charge in [0.15, 0.2) is 6.61 Å². The van der Waals surface area contributed by atoms with Crippen LogP contribution in [0.3, 0.4) is 0 Å². The molecule has 186 valence electrons. The van der Waals surface area contributed by atoms with Gasteiger partial charge in [-0.3, -0.25) is 9.53 Å². The van der Waals surface area contributed by atoms with Crippen LogP contribution in [-0.2, 0) is 9.53 Å². The molecule has 1 aromatic carbocycles. The highest BCUT2D eigenvalue weighted by atomic mass is 35.5. The molecule has 9 nitrogen and oxygen atoms in total. The van der Waals surface area contributed by atoms with E-state index < -0.39 is 18.3 Å². The number of ether oxygens (including phenoxy) is 2. The number of nitrogens with zero attached hydrogens (tertiary/aromatic N) is 3. The van der Waals surface area contributed by atoms with E-state index in [0.29, 0.717) is 31.8 Å². The summed E-state index contributed by atoms with van der Waals surface area (Å²) in [6.45, 7) is 0.495. The summed E-state index contributed by atoms with van der Waals surface area (Å²) >= 11 is 5.61. The number of anilines is 1. The van der Waals surface area contributed by atoms with Gasteiger partial charge in [0.1, 0.15) is 11.6 Å². The first kappa shape index (κ1) is 24.5. The second-order valence-electron chi connectivity index (χ2n) is 8.01. The van der Waals surface area contributed by atoms with Crippen molar-refractivity contribution in [3.63, 3.8) is 0 Å². The van der Waals surface area contributed by atoms with E-state index in [1.54, 1.807) is 4.90 Å². The summed E-state index contributed by atoms with van der Waals surface area (Å²) < 4.78 is 65.6. The first-order valence-electron chi connectivity index (χ1n) is 10.6. The maximum Gasteiger partial charge on any atom is 0.522 e. The number of alkyl halides is 3. The van der Waals surface area contributed by atoms with Crippen molar-refractivity contribution < 1.29 is 36.2 Å². The van der Waals surface area contributed by atoms with Crippen LogP contribution in [0.1, 0.15) is 31.2 Å². The van der Waals surface area contributed by atoms with Gasteiger partial charge in [0.05, 0.1) is 17.2 Å². The highest BCUT2D eigenvalue weighted by Crippen LogP contribution is 2.29. The maximum absolute atomic E-state index is 13.4. The molecule has 2 saturated heterocycles. The number of piperidine rings is 1. The monoisotopic (exact) mass is 507 g/mol. The van der Waals surface area contributed by atoms with Crippen molar-refractivity contribution in [3.8, 4) is 5.75 Å². The number of hydrogen-bond donors (Lipinski definition) is 2. The minimum Gasteiger partial charge on any atom is -0.484 e. The van der Waals surface area contributed by atoms with E-state index in [-0.39, 0.29) is 54.4 Å². The van der Waals surface area contributed by atoms with Gasteiger partial charge in [-0.1, -0.05) is 16.7 Å². The molecule has 3 heterocycles. The van der Waals surface area contributed by atoms with Crippen LogP contribution in [-0.4, -0.2) is 60.9 Å². The Morgan fingerprint density at radius 1 is 1.29 bits per heavy atom. The molecular weight excluding hydrogens is 486 g/mol. The molecule has 0 saturated carbocycles. The number of rotatable bonds is 7. The Balaban J connectivity index is 1.20. The van der Waals surface area contributed by atoms with E-state index in [1.807, 2.05) is 0 Å². The van der Waals surface area contributed by atoms with Gasteiger partial charge in [-0.2, -0.15) is 0 Å². The SMILES string of the molecule is O=C(COc1ccc(Cl)c(F)c1)N[C@H]1CC[C@H](c2nnc(N3CCC(OC(F)(F)F)C3)o2)NC1. The van der Waals surface area contributed by atoms with Crippen molar-refractivity contribution in [2.45, 2.75) is 43.8 Å². The molecule has 0 radical (unpaired) electrons. The van der Waals surface area contributed by atoms with Crippen LogP contribution >= 0.6 is 11.6 Å². The average molecular weight is 508 g/mol. The van der Waals surface area contributed by atoms with Crippen molar-refractivity contribution in [3.05, 3.63) is 34.9 Å². The van der Waals surface area contributed by atoms with Gasteiger partial charge in [-0.15, -0.1) is 18.3 Å². The Labute approximate surface area is 196 Å². The Hall–Kier alpha value is -2.64. The fourth-order valence-corrected chi connectivity index (χ4v) is 3.98. The zero-order chi connectivity index (χ0) is 24.3. The molecule has 2 aromatic rings. The molecule has 2 aliphatic rings.